The molecular formula is C29H48O5. The second-order valence-electron chi connectivity index (χ2n) is 13.6. The van der Waals surface area contributed by atoms with Crippen LogP contribution in [0, 0.1) is 28.6 Å². The zero-order valence-electron chi connectivity index (χ0n) is 22.5. The quantitative estimate of drug-likeness (QED) is 0.393. The minimum Gasteiger partial charge on any atom is -0.459 e. The molecule has 4 bridgehead atoms. The zero-order chi connectivity index (χ0) is 25.0. The highest BCUT2D eigenvalue weighted by molar-refractivity contribution is 5.79. The first-order valence-corrected chi connectivity index (χ1v) is 14.0. The molecule has 5 aliphatic carbocycles. The largest absolute Gasteiger partial charge is 0.459 e. The lowest BCUT2D eigenvalue weighted by Gasteiger charge is -2.64. The van der Waals surface area contributed by atoms with Gasteiger partial charge in [-0.1, -0.05) is 20.8 Å². The first-order chi connectivity index (χ1) is 15.8. The molecular weight excluding hydrogens is 428 g/mol. The van der Waals surface area contributed by atoms with Crippen molar-refractivity contribution in [1.29, 1.82) is 0 Å². The Morgan fingerprint density at radius 2 is 1.59 bits per heavy atom. The third kappa shape index (κ3) is 4.55. The normalized spacial score (nSPS) is 36.7. The summed E-state index contributed by atoms with van der Waals surface area (Å²) in [4.78, 5) is 26.8. The average Bonchev–Trinajstić information content (AvgIpc) is 3.20. The SMILES string of the molecule is CCC1(OC(=O)C(C)CC(C)(CC)C(=O)OC23CC4CC(C2)CC(C(C)(C)O)(C4)C3)CCCC1. The van der Waals surface area contributed by atoms with Gasteiger partial charge in [-0.05, 0) is 116 Å². The summed E-state index contributed by atoms with van der Waals surface area (Å²) in [5.74, 6) is 0.360. The van der Waals surface area contributed by atoms with Gasteiger partial charge in [0.05, 0.1) is 16.9 Å². The third-order valence-corrected chi connectivity index (χ3v) is 10.5. The number of rotatable bonds is 9. The summed E-state index contributed by atoms with van der Waals surface area (Å²) in [6.45, 7) is 11.8. The monoisotopic (exact) mass is 476 g/mol. The average molecular weight is 477 g/mol. The van der Waals surface area contributed by atoms with Crippen LogP contribution in [0.3, 0.4) is 0 Å². The maximum Gasteiger partial charge on any atom is 0.312 e. The summed E-state index contributed by atoms with van der Waals surface area (Å²) >= 11 is 0. The molecule has 0 amide bonds. The van der Waals surface area contributed by atoms with Crippen LogP contribution in [0.5, 0.6) is 0 Å². The van der Waals surface area contributed by atoms with E-state index in [1.165, 1.54) is 6.42 Å². The summed E-state index contributed by atoms with van der Waals surface area (Å²) in [7, 11) is 0. The fourth-order valence-corrected chi connectivity index (χ4v) is 8.33. The van der Waals surface area contributed by atoms with Gasteiger partial charge >= 0.3 is 11.9 Å². The molecule has 5 rings (SSSR count). The van der Waals surface area contributed by atoms with Crippen LogP contribution < -0.4 is 0 Å². The summed E-state index contributed by atoms with van der Waals surface area (Å²) in [6.07, 6.45) is 11.9. The van der Waals surface area contributed by atoms with Crippen LogP contribution in [0.2, 0.25) is 0 Å². The highest BCUT2D eigenvalue weighted by atomic mass is 16.6. The Morgan fingerprint density at radius 3 is 2.09 bits per heavy atom. The zero-order valence-corrected chi connectivity index (χ0v) is 22.5. The molecule has 0 radical (unpaired) electrons. The molecule has 0 saturated heterocycles. The van der Waals surface area contributed by atoms with Crippen molar-refractivity contribution in [2.24, 2.45) is 28.6 Å². The lowest BCUT2D eigenvalue weighted by Crippen LogP contribution is -2.63. The van der Waals surface area contributed by atoms with E-state index in [0.29, 0.717) is 24.7 Å². The van der Waals surface area contributed by atoms with Gasteiger partial charge in [0.15, 0.2) is 0 Å². The van der Waals surface area contributed by atoms with E-state index in [-0.39, 0.29) is 28.9 Å². The van der Waals surface area contributed by atoms with Crippen LogP contribution in [0.15, 0.2) is 0 Å². The number of esters is 2. The second kappa shape index (κ2) is 8.78. The van der Waals surface area contributed by atoms with Crippen LogP contribution in [-0.2, 0) is 19.1 Å². The van der Waals surface area contributed by atoms with Gasteiger partial charge in [-0.15, -0.1) is 0 Å². The second-order valence-corrected chi connectivity index (χ2v) is 13.6. The number of carbonyl (C=O) groups excluding carboxylic acids is 2. The molecule has 5 fully saturated rings. The molecule has 4 atom stereocenters. The Bertz CT molecular complexity index is 775. The van der Waals surface area contributed by atoms with Crippen LogP contribution in [-0.4, -0.2) is 33.8 Å². The van der Waals surface area contributed by atoms with Crippen molar-refractivity contribution in [3.63, 3.8) is 0 Å². The van der Waals surface area contributed by atoms with Crippen molar-refractivity contribution in [2.45, 2.75) is 142 Å². The van der Waals surface area contributed by atoms with Gasteiger partial charge in [-0.2, -0.15) is 0 Å². The Labute approximate surface area is 206 Å². The van der Waals surface area contributed by atoms with E-state index in [1.54, 1.807) is 0 Å². The van der Waals surface area contributed by atoms with E-state index in [1.807, 2.05) is 34.6 Å². The molecule has 0 heterocycles. The molecule has 0 aromatic heterocycles. The van der Waals surface area contributed by atoms with Gasteiger partial charge in [0.25, 0.3) is 0 Å². The first-order valence-electron chi connectivity index (χ1n) is 14.0. The maximum atomic E-state index is 13.7. The van der Waals surface area contributed by atoms with Crippen LogP contribution in [0.4, 0.5) is 0 Å². The van der Waals surface area contributed by atoms with E-state index < -0.39 is 16.6 Å². The predicted molar refractivity (Wildman–Crippen MR) is 132 cm³/mol. The smallest absolute Gasteiger partial charge is 0.312 e. The van der Waals surface area contributed by atoms with Gasteiger partial charge in [0, 0.05) is 5.41 Å². The van der Waals surface area contributed by atoms with Crippen molar-refractivity contribution in [1.82, 2.24) is 0 Å². The van der Waals surface area contributed by atoms with Gasteiger partial charge in [-0.3, -0.25) is 9.59 Å². The third-order valence-electron chi connectivity index (χ3n) is 10.5. The summed E-state index contributed by atoms with van der Waals surface area (Å²) in [6, 6.07) is 0. The van der Waals surface area contributed by atoms with Crippen LogP contribution in [0.1, 0.15) is 125 Å². The standard InChI is InChI=1S/C29H48O5/c1-7-26(6,14-20(3)23(30)33-28(8-2)11-9-10-12-28)24(31)34-29-17-21-13-22(18-29)16-27(15-21,19-29)25(4,5)32/h20-22,32H,7-19H2,1-6H3. The van der Waals surface area contributed by atoms with Crippen molar-refractivity contribution in [2.75, 3.05) is 0 Å². The first kappa shape index (κ1) is 26.0. The molecule has 5 nitrogen and oxygen atoms in total. The lowest BCUT2D eigenvalue weighted by atomic mass is 9.44. The highest BCUT2D eigenvalue weighted by Gasteiger charge is 2.64. The summed E-state index contributed by atoms with van der Waals surface area (Å²) in [5.41, 5.74) is -2.42. The molecule has 194 valence electrons. The van der Waals surface area contributed by atoms with Crippen molar-refractivity contribution < 1.29 is 24.2 Å². The number of ether oxygens (including phenoxy) is 2. The van der Waals surface area contributed by atoms with E-state index >= 15 is 0 Å². The Kier molecular flexibility index (Phi) is 6.71. The summed E-state index contributed by atoms with van der Waals surface area (Å²) in [5, 5.41) is 11.1. The van der Waals surface area contributed by atoms with E-state index in [2.05, 4.69) is 6.92 Å². The van der Waals surface area contributed by atoms with Gasteiger partial charge in [-0.25, -0.2) is 0 Å². The molecule has 0 aliphatic heterocycles. The minimum atomic E-state index is -0.774. The molecule has 4 unspecified atom stereocenters. The van der Waals surface area contributed by atoms with Crippen LogP contribution >= 0.6 is 0 Å². The predicted octanol–water partition coefficient (Wildman–Crippen LogP) is 6.35. The van der Waals surface area contributed by atoms with Crippen LogP contribution in [0.25, 0.3) is 0 Å². The Balaban J connectivity index is 1.45. The fraction of sp³-hybridized carbons (Fsp3) is 0.931. The fourth-order valence-electron chi connectivity index (χ4n) is 8.33. The number of aliphatic hydroxyl groups is 1. The highest BCUT2D eigenvalue weighted by Crippen LogP contribution is 2.66. The molecule has 34 heavy (non-hydrogen) atoms. The molecule has 0 aromatic carbocycles. The molecule has 1 N–H and O–H groups in total. The molecule has 0 aromatic rings. The Morgan fingerprint density at radius 1 is 1.00 bits per heavy atom. The van der Waals surface area contributed by atoms with E-state index in [0.717, 1.165) is 64.2 Å². The maximum absolute atomic E-state index is 13.7. The van der Waals surface area contributed by atoms with Gasteiger partial charge in [0.2, 0.25) is 0 Å². The van der Waals surface area contributed by atoms with Gasteiger partial charge < -0.3 is 14.6 Å². The minimum absolute atomic E-state index is 0.160. The Hall–Kier alpha value is -1.10. The number of carbonyl (C=O) groups is 2. The number of hydrogen-bond acceptors (Lipinski definition) is 5. The van der Waals surface area contributed by atoms with Crippen molar-refractivity contribution >= 4 is 11.9 Å². The van der Waals surface area contributed by atoms with E-state index in [9.17, 15) is 14.7 Å². The molecule has 5 aliphatic rings. The van der Waals surface area contributed by atoms with Crippen molar-refractivity contribution in [3.8, 4) is 0 Å². The van der Waals surface area contributed by atoms with Crippen molar-refractivity contribution in [3.05, 3.63) is 0 Å². The summed E-state index contributed by atoms with van der Waals surface area (Å²) < 4.78 is 12.5. The van der Waals surface area contributed by atoms with Gasteiger partial charge in [0.1, 0.15) is 11.2 Å². The lowest BCUT2D eigenvalue weighted by molar-refractivity contribution is -0.239. The molecule has 5 heteroatoms. The van der Waals surface area contributed by atoms with E-state index in [4.69, 9.17) is 9.47 Å². The molecule has 0 spiro atoms. The number of hydrogen-bond donors (Lipinski definition) is 1. The topological polar surface area (TPSA) is 72.8 Å². The molecule has 5 saturated carbocycles.